The van der Waals surface area contributed by atoms with Gasteiger partial charge in [0, 0.05) is 46.6 Å². The number of guanidine groups is 1. The van der Waals surface area contributed by atoms with Crippen LogP contribution in [0.2, 0.25) is 0 Å². The maximum Gasteiger partial charge on any atom is 0.193 e. The maximum atomic E-state index is 5.88. The molecule has 2 aromatic rings. The molecule has 1 saturated heterocycles. The van der Waals surface area contributed by atoms with Gasteiger partial charge in [-0.15, -0.1) is 0 Å². The first-order valence-electron chi connectivity index (χ1n) is 10.4. The zero-order valence-corrected chi connectivity index (χ0v) is 17.5. The summed E-state index contributed by atoms with van der Waals surface area (Å²) >= 11 is 0. The van der Waals surface area contributed by atoms with Crippen LogP contribution < -0.4 is 10.1 Å². The molecular weight excluding hydrogens is 364 g/mol. The van der Waals surface area contributed by atoms with Gasteiger partial charge in [-0.25, -0.2) is 0 Å². The second-order valence-corrected chi connectivity index (χ2v) is 7.42. The Morgan fingerprint density at radius 2 is 2.10 bits per heavy atom. The lowest BCUT2D eigenvalue weighted by atomic mass is 9.96. The van der Waals surface area contributed by atoms with Crippen LogP contribution >= 0.6 is 0 Å². The summed E-state index contributed by atoms with van der Waals surface area (Å²) in [6.07, 6.45) is 5.30. The summed E-state index contributed by atoms with van der Waals surface area (Å²) in [7, 11) is 3.93. The number of pyridine rings is 1. The van der Waals surface area contributed by atoms with Crippen LogP contribution in [0.25, 0.3) is 0 Å². The van der Waals surface area contributed by atoms with Gasteiger partial charge in [0.05, 0.1) is 5.69 Å². The lowest BCUT2D eigenvalue weighted by molar-refractivity contribution is 0.0625. The summed E-state index contributed by atoms with van der Waals surface area (Å²) in [5, 5.41) is 3.46. The quantitative estimate of drug-likeness (QED) is 0.547. The SMILES string of the molecule is CN=C(NCc1cccc(OCc2ccccn2)c1)N(C)CCC1CCOCC1. The highest BCUT2D eigenvalue weighted by molar-refractivity contribution is 5.79. The van der Waals surface area contributed by atoms with Gasteiger partial charge in [-0.1, -0.05) is 18.2 Å². The molecule has 2 heterocycles. The van der Waals surface area contributed by atoms with Crippen LogP contribution in [0.15, 0.2) is 53.7 Å². The van der Waals surface area contributed by atoms with Gasteiger partial charge >= 0.3 is 0 Å². The van der Waals surface area contributed by atoms with E-state index in [1.54, 1.807) is 6.20 Å². The van der Waals surface area contributed by atoms with Crippen molar-refractivity contribution in [3.8, 4) is 5.75 Å². The number of hydrogen-bond donors (Lipinski definition) is 1. The summed E-state index contributed by atoms with van der Waals surface area (Å²) in [5.41, 5.74) is 2.07. The van der Waals surface area contributed by atoms with Crippen molar-refractivity contribution in [2.45, 2.75) is 32.4 Å². The molecule has 0 spiro atoms. The highest BCUT2D eigenvalue weighted by Gasteiger charge is 2.15. The zero-order chi connectivity index (χ0) is 20.3. The predicted octanol–water partition coefficient (Wildman–Crippen LogP) is 3.48. The van der Waals surface area contributed by atoms with Gasteiger partial charge in [-0.2, -0.15) is 0 Å². The minimum atomic E-state index is 0.467. The van der Waals surface area contributed by atoms with E-state index in [1.807, 2.05) is 37.4 Å². The molecule has 1 aromatic carbocycles. The molecule has 156 valence electrons. The summed E-state index contributed by atoms with van der Waals surface area (Å²) < 4.78 is 11.3. The van der Waals surface area contributed by atoms with E-state index in [0.717, 1.165) is 48.6 Å². The van der Waals surface area contributed by atoms with E-state index in [4.69, 9.17) is 9.47 Å². The highest BCUT2D eigenvalue weighted by Crippen LogP contribution is 2.18. The van der Waals surface area contributed by atoms with Gasteiger partial charge in [0.15, 0.2) is 5.96 Å². The third kappa shape index (κ3) is 7.06. The van der Waals surface area contributed by atoms with E-state index < -0.39 is 0 Å². The van der Waals surface area contributed by atoms with E-state index in [2.05, 4.69) is 39.4 Å². The lowest BCUT2D eigenvalue weighted by Gasteiger charge is -2.26. The van der Waals surface area contributed by atoms with Gasteiger partial charge in [0.1, 0.15) is 12.4 Å². The Bertz CT molecular complexity index is 760. The van der Waals surface area contributed by atoms with Gasteiger partial charge in [0.25, 0.3) is 0 Å². The van der Waals surface area contributed by atoms with E-state index in [1.165, 1.54) is 19.3 Å². The minimum absolute atomic E-state index is 0.467. The van der Waals surface area contributed by atoms with E-state index >= 15 is 0 Å². The fourth-order valence-electron chi connectivity index (χ4n) is 3.47. The van der Waals surface area contributed by atoms with Crippen LogP contribution in [0.1, 0.15) is 30.5 Å². The molecule has 1 N–H and O–H groups in total. The van der Waals surface area contributed by atoms with Crippen LogP contribution in [0.3, 0.4) is 0 Å². The van der Waals surface area contributed by atoms with Crippen molar-refractivity contribution >= 4 is 5.96 Å². The Kier molecular flexibility index (Phi) is 8.31. The monoisotopic (exact) mass is 396 g/mol. The summed E-state index contributed by atoms with van der Waals surface area (Å²) in [6, 6.07) is 14.0. The minimum Gasteiger partial charge on any atom is -0.487 e. The van der Waals surface area contributed by atoms with Crippen molar-refractivity contribution < 1.29 is 9.47 Å². The number of ether oxygens (including phenoxy) is 2. The molecule has 29 heavy (non-hydrogen) atoms. The standard InChI is InChI=1S/C23H32N4O2/c1-24-23(27(2)13-9-19-10-14-28-15-11-19)26-17-20-6-5-8-22(16-20)29-18-21-7-3-4-12-25-21/h3-8,12,16,19H,9-11,13-15,17-18H2,1-2H3,(H,24,26). The Labute approximate surface area is 174 Å². The molecule has 0 amide bonds. The Morgan fingerprint density at radius 1 is 1.24 bits per heavy atom. The lowest BCUT2D eigenvalue weighted by Crippen LogP contribution is -2.39. The van der Waals surface area contributed by atoms with Gasteiger partial charge in [-0.3, -0.25) is 9.98 Å². The van der Waals surface area contributed by atoms with Crippen molar-refractivity contribution in [1.82, 2.24) is 15.2 Å². The molecule has 3 rings (SSSR count). The molecule has 1 aromatic heterocycles. The number of nitrogens with one attached hydrogen (secondary N) is 1. The molecule has 0 unspecified atom stereocenters. The van der Waals surface area contributed by atoms with Gasteiger partial charge in [0.2, 0.25) is 0 Å². The molecule has 1 fully saturated rings. The highest BCUT2D eigenvalue weighted by atomic mass is 16.5. The molecule has 0 saturated carbocycles. The smallest absolute Gasteiger partial charge is 0.193 e. The number of nitrogens with zero attached hydrogens (tertiary/aromatic N) is 3. The van der Waals surface area contributed by atoms with E-state index in [9.17, 15) is 0 Å². The Morgan fingerprint density at radius 3 is 2.86 bits per heavy atom. The Balaban J connectivity index is 1.46. The second-order valence-electron chi connectivity index (χ2n) is 7.42. The first-order chi connectivity index (χ1) is 14.2. The average Bonchev–Trinajstić information content (AvgIpc) is 2.78. The average molecular weight is 397 g/mol. The molecule has 1 aliphatic heterocycles. The van der Waals surface area contributed by atoms with Crippen LogP contribution in [-0.4, -0.2) is 49.7 Å². The first-order valence-corrected chi connectivity index (χ1v) is 10.4. The summed E-state index contributed by atoms with van der Waals surface area (Å²) in [4.78, 5) is 10.9. The molecule has 6 heteroatoms. The topological polar surface area (TPSA) is 59.0 Å². The third-order valence-corrected chi connectivity index (χ3v) is 5.25. The van der Waals surface area contributed by atoms with Crippen molar-refractivity contribution in [3.05, 3.63) is 59.9 Å². The van der Waals surface area contributed by atoms with Crippen LogP contribution in [0.4, 0.5) is 0 Å². The summed E-state index contributed by atoms with van der Waals surface area (Å²) in [5.74, 6) is 2.52. The fraction of sp³-hybridized carbons (Fsp3) is 0.478. The molecule has 0 aliphatic carbocycles. The van der Waals surface area contributed by atoms with Crippen LogP contribution in [-0.2, 0) is 17.9 Å². The second kappa shape index (κ2) is 11.4. The van der Waals surface area contributed by atoms with E-state index in [0.29, 0.717) is 13.2 Å². The maximum absolute atomic E-state index is 5.88. The molecule has 1 aliphatic rings. The molecular formula is C23H32N4O2. The van der Waals surface area contributed by atoms with Gasteiger partial charge < -0.3 is 19.7 Å². The largest absolute Gasteiger partial charge is 0.487 e. The summed E-state index contributed by atoms with van der Waals surface area (Å²) in [6.45, 7) is 3.97. The van der Waals surface area contributed by atoms with Crippen molar-refractivity contribution in [2.24, 2.45) is 10.9 Å². The number of hydrogen-bond acceptors (Lipinski definition) is 4. The first kappa shape index (κ1) is 21.1. The number of benzene rings is 1. The van der Waals surface area contributed by atoms with Crippen LogP contribution in [0.5, 0.6) is 5.75 Å². The third-order valence-electron chi connectivity index (χ3n) is 5.25. The molecule has 0 atom stereocenters. The number of aromatic nitrogens is 1. The normalized spacial score (nSPS) is 15.2. The van der Waals surface area contributed by atoms with Gasteiger partial charge in [-0.05, 0) is 55.0 Å². The van der Waals surface area contributed by atoms with Crippen molar-refractivity contribution in [3.63, 3.8) is 0 Å². The molecule has 0 radical (unpaired) electrons. The molecule has 6 nitrogen and oxygen atoms in total. The van der Waals surface area contributed by atoms with Crippen LogP contribution in [0, 0.1) is 5.92 Å². The zero-order valence-electron chi connectivity index (χ0n) is 17.5. The predicted molar refractivity (Wildman–Crippen MR) is 116 cm³/mol. The number of rotatable bonds is 8. The molecule has 0 bridgehead atoms. The van der Waals surface area contributed by atoms with Crippen molar-refractivity contribution in [2.75, 3.05) is 33.9 Å². The fourth-order valence-corrected chi connectivity index (χ4v) is 3.47. The Hall–Kier alpha value is -2.60. The van der Waals surface area contributed by atoms with E-state index in [-0.39, 0.29) is 0 Å². The van der Waals surface area contributed by atoms with Crippen molar-refractivity contribution in [1.29, 1.82) is 0 Å². The number of aliphatic imine (C=N–C) groups is 1.